The highest BCUT2D eigenvalue weighted by atomic mass is 35.5. The molecule has 96 valence electrons. The predicted molar refractivity (Wildman–Crippen MR) is 74.9 cm³/mol. The van der Waals surface area contributed by atoms with Crippen molar-refractivity contribution < 1.29 is 4.74 Å². The third kappa shape index (κ3) is 2.80. The molecule has 2 nitrogen and oxygen atoms in total. The Kier molecular flexibility index (Phi) is 4.16. The molecule has 1 aliphatic rings. The van der Waals surface area contributed by atoms with Gasteiger partial charge in [-0.2, -0.15) is 0 Å². The van der Waals surface area contributed by atoms with E-state index in [1.807, 2.05) is 12.1 Å². The summed E-state index contributed by atoms with van der Waals surface area (Å²) in [4.78, 5) is 0. The lowest BCUT2D eigenvalue weighted by Gasteiger charge is -2.17. The quantitative estimate of drug-likeness (QED) is 0.844. The lowest BCUT2D eigenvalue weighted by atomic mass is 10.0. The van der Waals surface area contributed by atoms with Crippen LogP contribution in [0.5, 0.6) is 5.75 Å². The number of rotatable bonds is 4. The molecular formula is C15H18ClNO. The summed E-state index contributed by atoms with van der Waals surface area (Å²) in [6.07, 6.45) is 6.45. The minimum atomic E-state index is 0.0704. The van der Waals surface area contributed by atoms with Gasteiger partial charge in [0.2, 0.25) is 0 Å². The largest absolute Gasteiger partial charge is 0.493 e. The first-order valence-corrected chi connectivity index (χ1v) is 6.63. The molecule has 0 saturated heterocycles. The van der Waals surface area contributed by atoms with E-state index in [2.05, 4.69) is 25.1 Å². The van der Waals surface area contributed by atoms with Gasteiger partial charge in [0, 0.05) is 23.6 Å². The average molecular weight is 264 g/mol. The number of terminal acetylenes is 1. The van der Waals surface area contributed by atoms with Crippen LogP contribution in [0, 0.1) is 18.3 Å². The Morgan fingerprint density at radius 3 is 2.94 bits per heavy atom. The SMILES string of the molecule is C#CC(NCc1cc(Cl)cc2c1OCC2)C(C)C. The number of halogens is 1. The minimum Gasteiger partial charge on any atom is -0.493 e. The monoisotopic (exact) mass is 263 g/mol. The van der Waals surface area contributed by atoms with Gasteiger partial charge in [-0.3, -0.25) is 5.32 Å². The highest BCUT2D eigenvalue weighted by Gasteiger charge is 2.18. The molecule has 0 amide bonds. The van der Waals surface area contributed by atoms with E-state index in [9.17, 15) is 0 Å². The van der Waals surface area contributed by atoms with Crippen molar-refractivity contribution in [3.8, 4) is 18.1 Å². The van der Waals surface area contributed by atoms with Crippen molar-refractivity contribution in [2.45, 2.75) is 32.9 Å². The third-order valence-corrected chi connectivity index (χ3v) is 3.40. The Morgan fingerprint density at radius 2 is 2.28 bits per heavy atom. The summed E-state index contributed by atoms with van der Waals surface area (Å²) in [6.45, 7) is 5.65. The van der Waals surface area contributed by atoms with E-state index in [1.54, 1.807) is 0 Å². The summed E-state index contributed by atoms with van der Waals surface area (Å²) in [6, 6.07) is 4.00. The van der Waals surface area contributed by atoms with Crippen LogP contribution in [0.4, 0.5) is 0 Å². The van der Waals surface area contributed by atoms with Crippen molar-refractivity contribution in [2.24, 2.45) is 5.92 Å². The molecule has 0 spiro atoms. The van der Waals surface area contributed by atoms with Crippen LogP contribution in [0.25, 0.3) is 0 Å². The number of hydrogen-bond acceptors (Lipinski definition) is 2. The Bertz CT molecular complexity index is 476. The van der Waals surface area contributed by atoms with Crippen molar-refractivity contribution in [1.82, 2.24) is 5.32 Å². The second-order valence-corrected chi connectivity index (χ2v) is 5.36. The van der Waals surface area contributed by atoms with Crippen LogP contribution in [-0.2, 0) is 13.0 Å². The molecule has 1 atom stereocenters. The van der Waals surface area contributed by atoms with Gasteiger partial charge in [0.15, 0.2) is 0 Å². The van der Waals surface area contributed by atoms with Crippen LogP contribution in [-0.4, -0.2) is 12.6 Å². The summed E-state index contributed by atoms with van der Waals surface area (Å²) in [5.41, 5.74) is 2.29. The first-order chi connectivity index (χ1) is 8.61. The fourth-order valence-corrected chi connectivity index (χ4v) is 2.45. The molecule has 1 aliphatic heterocycles. The maximum Gasteiger partial charge on any atom is 0.127 e. The van der Waals surface area contributed by atoms with Gasteiger partial charge in [-0.25, -0.2) is 0 Å². The topological polar surface area (TPSA) is 21.3 Å². The van der Waals surface area contributed by atoms with Gasteiger partial charge in [0.25, 0.3) is 0 Å². The first-order valence-electron chi connectivity index (χ1n) is 6.25. The van der Waals surface area contributed by atoms with Gasteiger partial charge < -0.3 is 4.74 Å². The molecule has 1 N–H and O–H groups in total. The number of hydrogen-bond donors (Lipinski definition) is 1. The molecule has 1 aromatic carbocycles. The maximum atomic E-state index is 6.12. The van der Waals surface area contributed by atoms with Gasteiger partial charge >= 0.3 is 0 Å². The van der Waals surface area contributed by atoms with Gasteiger partial charge in [-0.05, 0) is 23.6 Å². The van der Waals surface area contributed by atoms with Crippen molar-refractivity contribution in [3.63, 3.8) is 0 Å². The molecule has 0 aromatic heterocycles. The van der Waals surface area contributed by atoms with Crippen LogP contribution < -0.4 is 10.1 Å². The van der Waals surface area contributed by atoms with Gasteiger partial charge in [-0.15, -0.1) is 6.42 Å². The number of nitrogens with one attached hydrogen (secondary N) is 1. The van der Waals surface area contributed by atoms with Gasteiger partial charge in [0.05, 0.1) is 12.6 Å². The molecule has 0 bridgehead atoms. The third-order valence-electron chi connectivity index (χ3n) is 3.18. The van der Waals surface area contributed by atoms with Gasteiger partial charge in [0.1, 0.15) is 5.75 Å². The van der Waals surface area contributed by atoms with Crippen LogP contribution in [0.3, 0.4) is 0 Å². The highest BCUT2D eigenvalue weighted by molar-refractivity contribution is 6.30. The van der Waals surface area contributed by atoms with E-state index in [1.165, 1.54) is 5.56 Å². The van der Waals surface area contributed by atoms with E-state index < -0.39 is 0 Å². The Morgan fingerprint density at radius 1 is 1.50 bits per heavy atom. The average Bonchev–Trinajstić information content (AvgIpc) is 2.77. The summed E-state index contributed by atoms with van der Waals surface area (Å²) in [5.74, 6) is 4.15. The fraction of sp³-hybridized carbons (Fsp3) is 0.467. The zero-order chi connectivity index (χ0) is 13.1. The summed E-state index contributed by atoms with van der Waals surface area (Å²) in [7, 11) is 0. The molecule has 2 rings (SSSR count). The van der Waals surface area contributed by atoms with Crippen molar-refractivity contribution in [1.29, 1.82) is 0 Å². The number of ether oxygens (including phenoxy) is 1. The molecule has 0 radical (unpaired) electrons. The van der Waals surface area contributed by atoms with E-state index in [0.717, 1.165) is 29.4 Å². The predicted octanol–water partition coefficient (Wildman–Crippen LogP) is 3.02. The van der Waals surface area contributed by atoms with Crippen molar-refractivity contribution in [3.05, 3.63) is 28.3 Å². The van der Waals surface area contributed by atoms with E-state index in [-0.39, 0.29) is 6.04 Å². The minimum absolute atomic E-state index is 0.0704. The van der Waals surface area contributed by atoms with Crippen LogP contribution in [0.15, 0.2) is 12.1 Å². The van der Waals surface area contributed by atoms with Crippen molar-refractivity contribution in [2.75, 3.05) is 6.61 Å². The van der Waals surface area contributed by atoms with Crippen LogP contribution >= 0.6 is 11.6 Å². The number of fused-ring (bicyclic) bond motifs is 1. The van der Waals surface area contributed by atoms with Crippen LogP contribution in [0.1, 0.15) is 25.0 Å². The van der Waals surface area contributed by atoms with Crippen molar-refractivity contribution >= 4 is 11.6 Å². The molecule has 1 unspecified atom stereocenters. The summed E-state index contributed by atoms with van der Waals surface area (Å²) >= 11 is 6.12. The molecule has 1 aromatic rings. The molecule has 18 heavy (non-hydrogen) atoms. The fourth-order valence-electron chi connectivity index (χ4n) is 2.18. The second kappa shape index (κ2) is 5.65. The summed E-state index contributed by atoms with van der Waals surface area (Å²) in [5, 5.41) is 4.13. The Labute approximate surface area is 114 Å². The molecule has 0 saturated carbocycles. The van der Waals surface area contributed by atoms with E-state index >= 15 is 0 Å². The normalized spacial score (nSPS) is 15.1. The molecular weight excluding hydrogens is 246 g/mol. The van der Waals surface area contributed by atoms with Gasteiger partial charge in [-0.1, -0.05) is 31.4 Å². The summed E-state index contributed by atoms with van der Waals surface area (Å²) < 4.78 is 5.66. The first kappa shape index (κ1) is 13.3. The second-order valence-electron chi connectivity index (χ2n) is 4.92. The molecule has 1 heterocycles. The molecule has 0 aliphatic carbocycles. The Balaban J connectivity index is 2.13. The molecule has 3 heteroatoms. The smallest absolute Gasteiger partial charge is 0.127 e. The Hall–Kier alpha value is -1.17. The standard InChI is InChI=1S/C15H18ClNO/c1-4-14(10(2)3)17-9-12-8-13(16)7-11-5-6-18-15(11)12/h1,7-8,10,14,17H,5-6,9H2,2-3H3. The lowest BCUT2D eigenvalue weighted by molar-refractivity contribution is 0.351. The maximum absolute atomic E-state index is 6.12. The molecule has 0 fully saturated rings. The lowest BCUT2D eigenvalue weighted by Crippen LogP contribution is -2.31. The highest BCUT2D eigenvalue weighted by Crippen LogP contribution is 2.32. The van der Waals surface area contributed by atoms with E-state index in [0.29, 0.717) is 12.5 Å². The zero-order valence-electron chi connectivity index (χ0n) is 10.8. The number of benzene rings is 1. The van der Waals surface area contributed by atoms with Crippen LogP contribution in [0.2, 0.25) is 5.02 Å². The van der Waals surface area contributed by atoms with E-state index in [4.69, 9.17) is 22.8 Å². The zero-order valence-corrected chi connectivity index (χ0v) is 11.6.